The van der Waals surface area contributed by atoms with E-state index < -0.39 is 9.84 Å². The lowest BCUT2D eigenvalue weighted by atomic mass is 10.2. The zero-order valence-electron chi connectivity index (χ0n) is 11.6. The number of aryl methyl sites for hydroxylation is 2. The molecule has 1 atom stereocenters. The third-order valence-electron chi connectivity index (χ3n) is 4.21. The molecule has 1 aliphatic carbocycles. The largest absolute Gasteiger partial charge is 0.334 e. The van der Waals surface area contributed by atoms with Crippen LogP contribution in [0, 0.1) is 0 Å². The van der Waals surface area contributed by atoms with Gasteiger partial charge in [-0.1, -0.05) is 0 Å². The molecular weight excluding hydrogens is 294 g/mol. The van der Waals surface area contributed by atoms with Crippen molar-refractivity contribution < 1.29 is 13.2 Å². The van der Waals surface area contributed by atoms with Gasteiger partial charge in [0.2, 0.25) is 0 Å². The predicted octanol–water partition coefficient (Wildman–Crippen LogP) is 1.89. The van der Waals surface area contributed by atoms with E-state index in [9.17, 15) is 13.2 Å². The maximum absolute atomic E-state index is 12.6. The van der Waals surface area contributed by atoms with Crippen LogP contribution in [0.1, 0.15) is 39.9 Å². The van der Waals surface area contributed by atoms with E-state index in [4.69, 9.17) is 0 Å². The Morgan fingerprint density at radius 3 is 2.85 bits per heavy atom. The monoisotopic (exact) mass is 313 g/mol. The van der Waals surface area contributed by atoms with E-state index in [0.717, 1.165) is 17.7 Å². The Hall–Kier alpha value is -0.880. The Bertz CT molecular complexity index is 611. The van der Waals surface area contributed by atoms with Gasteiger partial charge < -0.3 is 4.90 Å². The fourth-order valence-electron chi connectivity index (χ4n) is 3.16. The first kappa shape index (κ1) is 14.1. The number of rotatable bonds is 3. The lowest BCUT2D eigenvalue weighted by Crippen LogP contribution is -2.40. The van der Waals surface area contributed by atoms with Crippen molar-refractivity contribution in [3.05, 3.63) is 21.4 Å². The molecule has 1 saturated heterocycles. The Labute approximate surface area is 123 Å². The Morgan fingerprint density at radius 2 is 2.25 bits per heavy atom. The predicted molar refractivity (Wildman–Crippen MR) is 80.1 cm³/mol. The average molecular weight is 313 g/mol. The van der Waals surface area contributed by atoms with Crippen LogP contribution < -0.4 is 0 Å². The number of thiophene rings is 1. The standard InChI is InChI=1S/C14H19NO3S2/c1-2-15(11-6-7-20(17,18)9-11)14(16)13-8-10-4-3-5-12(10)19-13/h8,11H,2-7,9H2,1H3/t11-/m0/s1. The molecule has 3 rings (SSSR count). The van der Waals surface area contributed by atoms with Crippen LogP contribution in [0.5, 0.6) is 0 Å². The summed E-state index contributed by atoms with van der Waals surface area (Å²) in [7, 11) is -2.95. The number of sulfone groups is 1. The van der Waals surface area contributed by atoms with Crippen molar-refractivity contribution in [2.45, 2.75) is 38.6 Å². The summed E-state index contributed by atoms with van der Waals surface area (Å²) in [6.45, 7) is 2.49. The van der Waals surface area contributed by atoms with Gasteiger partial charge in [-0.3, -0.25) is 4.79 Å². The third-order valence-corrected chi connectivity index (χ3v) is 7.18. The molecule has 0 radical (unpaired) electrons. The maximum Gasteiger partial charge on any atom is 0.264 e. The molecular formula is C14H19NO3S2. The van der Waals surface area contributed by atoms with Gasteiger partial charge in [0.15, 0.2) is 9.84 Å². The van der Waals surface area contributed by atoms with Crippen LogP contribution in [-0.2, 0) is 22.7 Å². The number of hydrogen-bond acceptors (Lipinski definition) is 4. The first-order chi connectivity index (χ1) is 9.50. The first-order valence-electron chi connectivity index (χ1n) is 7.13. The smallest absolute Gasteiger partial charge is 0.264 e. The van der Waals surface area contributed by atoms with E-state index in [1.165, 1.54) is 16.9 Å². The second kappa shape index (κ2) is 5.15. The van der Waals surface area contributed by atoms with Gasteiger partial charge in [-0.05, 0) is 44.2 Å². The van der Waals surface area contributed by atoms with E-state index in [-0.39, 0.29) is 23.5 Å². The van der Waals surface area contributed by atoms with Crippen molar-refractivity contribution in [3.8, 4) is 0 Å². The zero-order valence-corrected chi connectivity index (χ0v) is 13.2. The highest BCUT2D eigenvalue weighted by Gasteiger charge is 2.35. The van der Waals surface area contributed by atoms with Crippen LogP contribution >= 0.6 is 11.3 Å². The number of hydrogen-bond donors (Lipinski definition) is 0. The highest BCUT2D eigenvalue weighted by molar-refractivity contribution is 7.91. The van der Waals surface area contributed by atoms with E-state index in [1.54, 1.807) is 16.2 Å². The van der Waals surface area contributed by atoms with Crippen LogP contribution in [0.3, 0.4) is 0 Å². The van der Waals surface area contributed by atoms with Crippen LogP contribution in [0.25, 0.3) is 0 Å². The van der Waals surface area contributed by atoms with E-state index in [1.807, 2.05) is 13.0 Å². The second-order valence-electron chi connectivity index (χ2n) is 5.56. The normalized spacial score (nSPS) is 23.8. The van der Waals surface area contributed by atoms with Gasteiger partial charge in [0, 0.05) is 17.5 Å². The SMILES string of the molecule is CCN(C(=O)c1cc2c(s1)CCC2)[C@H]1CCS(=O)(=O)C1. The quantitative estimate of drug-likeness (QED) is 0.856. The van der Waals surface area contributed by atoms with Crippen molar-refractivity contribution in [1.29, 1.82) is 0 Å². The van der Waals surface area contributed by atoms with Gasteiger partial charge in [0.25, 0.3) is 5.91 Å². The lowest BCUT2D eigenvalue weighted by molar-refractivity contribution is 0.0713. The molecule has 0 bridgehead atoms. The van der Waals surface area contributed by atoms with Crippen molar-refractivity contribution in [1.82, 2.24) is 4.90 Å². The van der Waals surface area contributed by atoms with Crippen LogP contribution in [0.4, 0.5) is 0 Å². The van der Waals surface area contributed by atoms with Gasteiger partial charge in [-0.15, -0.1) is 11.3 Å². The molecule has 1 aromatic rings. The third kappa shape index (κ3) is 2.51. The molecule has 1 fully saturated rings. The minimum atomic E-state index is -2.95. The van der Waals surface area contributed by atoms with E-state index in [0.29, 0.717) is 13.0 Å². The van der Waals surface area contributed by atoms with Gasteiger partial charge in [0.05, 0.1) is 16.4 Å². The van der Waals surface area contributed by atoms with Gasteiger partial charge in [-0.25, -0.2) is 8.42 Å². The molecule has 0 unspecified atom stereocenters. The molecule has 1 aliphatic heterocycles. The van der Waals surface area contributed by atoms with Gasteiger partial charge in [0.1, 0.15) is 0 Å². The van der Waals surface area contributed by atoms with E-state index >= 15 is 0 Å². The lowest BCUT2D eigenvalue weighted by Gasteiger charge is -2.26. The fourth-order valence-corrected chi connectivity index (χ4v) is 6.11. The summed E-state index contributed by atoms with van der Waals surface area (Å²) in [5, 5.41) is 0. The van der Waals surface area contributed by atoms with Gasteiger partial charge >= 0.3 is 0 Å². The maximum atomic E-state index is 12.6. The second-order valence-corrected chi connectivity index (χ2v) is 8.93. The molecule has 4 nitrogen and oxygen atoms in total. The van der Waals surface area contributed by atoms with Crippen LogP contribution in [0.15, 0.2) is 6.07 Å². The summed E-state index contributed by atoms with van der Waals surface area (Å²) in [5.74, 6) is 0.342. The van der Waals surface area contributed by atoms with Gasteiger partial charge in [-0.2, -0.15) is 0 Å². The Morgan fingerprint density at radius 1 is 1.45 bits per heavy atom. The van der Waals surface area contributed by atoms with Crippen molar-refractivity contribution in [2.75, 3.05) is 18.1 Å². The number of carbonyl (C=O) groups is 1. The molecule has 2 heterocycles. The number of carbonyl (C=O) groups excluding carboxylic acids is 1. The summed E-state index contributed by atoms with van der Waals surface area (Å²) >= 11 is 1.59. The first-order valence-corrected chi connectivity index (χ1v) is 9.77. The average Bonchev–Trinajstić information content (AvgIpc) is 3.03. The number of nitrogens with zero attached hydrogens (tertiary/aromatic N) is 1. The molecule has 6 heteroatoms. The highest BCUT2D eigenvalue weighted by Crippen LogP contribution is 2.32. The molecule has 20 heavy (non-hydrogen) atoms. The minimum absolute atomic E-state index is 0.00833. The summed E-state index contributed by atoms with van der Waals surface area (Å²) in [6.07, 6.45) is 3.92. The summed E-state index contributed by atoms with van der Waals surface area (Å²) in [6, 6.07) is 1.87. The molecule has 110 valence electrons. The molecule has 0 saturated carbocycles. The summed E-state index contributed by atoms with van der Waals surface area (Å²) in [4.78, 5) is 16.5. The van der Waals surface area contributed by atoms with E-state index in [2.05, 4.69) is 0 Å². The molecule has 0 aromatic carbocycles. The highest BCUT2D eigenvalue weighted by atomic mass is 32.2. The molecule has 0 spiro atoms. The van der Waals surface area contributed by atoms with Crippen molar-refractivity contribution in [2.24, 2.45) is 0 Å². The molecule has 2 aliphatic rings. The van der Waals surface area contributed by atoms with Crippen LogP contribution in [-0.4, -0.2) is 43.3 Å². The van der Waals surface area contributed by atoms with Crippen molar-refractivity contribution in [3.63, 3.8) is 0 Å². The topological polar surface area (TPSA) is 54.5 Å². The molecule has 1 aromatic heterocycles. The Balaban J connectivity index is 1.80. The molecule has 1 amide bonds. The number of fused-ring (bicyclic) bond motifs is 1. The number of amides is 1. The zero-order chi connectivity index (χ0) is 14.3. The Kier molecular flexibility index (Phi) is 3.62. The minimum Gasteiger partial charge on any atom is -0.334 e. The summed E-state index contributed by atoms with van der Waals surface area (Å²) in [5.41, 5.74) is 1.31. The van der Waals surface area contributed by atoms with Crippen LogP contribution in [0.2, 0.25) is 0 Å². The summed E-state index contributed by atoms with van der Waals surface area (Å²) < 4.78 is 23.2. The molecule has 0 N–H and O–H groups in total. The fraction of sp³-hybridized carbons (Fsp3) is 0.643. The van der Waals surface area contributed by atoms with Crippen molar-refractivity contribution >= 4 is 27.1 Å².